The Balaban J connectivity index is 1.47. The third-order valence-corrected chi connectivity index (χ3v) is 5.35. The molecule has 1 aliphatic rings. The van der Waals surface area contributed by atoms with E-state index in [1.165, 1.54) is 18.7 Å². The molecule has 9 heteroatoms. The van der Waals surface area contributed by atoms with Crippen molar-refractivity contribution in [3.8, 4) is 0 Å². The van der Waals surface area contributed by atoms with E-state index >= 15 is 0 Å². The predicted molar refractivity (Wildman–Crippen MR) is 107 cm³/mol. The van der Waals surface area contributed by atoms with Crippen molar-refractivity contribution in [2.45, 2.75) is 29.6 Å². The number of carbonyl (C=O) groups excluding carboxylic acids is 4. The smallest absolute Gasteiger partial charge is 0.308 e. The fourth-order valence-corrected chi connectivity index (χ4v) is 3.65. The molecule has 0 bridgehead atoms. The van der Waals surface area contributed by atoms with Crippen LogP contribution in [0.1, 0.15) is 23.7 Å². The van der Waals surface area contributed by atoms with Crippen LogP contribution in [0.25, 0.3) is 0 Å². The SMILES string of the molecule is C[C@@H](OC(=O)C[C@@H]1Sc2ccccc2NC1=O)C(=O)NNC(=O)c1ccccc1. The van der Waals surface area contributed by atoms with Gasteiger partial charge in [-0.2, -0.15) is 0 Å². The van der Waals surface area contributed by atoms with Gasteiger partial charge < -0.3 is 10.1 Å². The van der Waals surface area contributed by atoms with Crippen LogP contribution >= 0.6 is 11.8 Å². The fraction of sp³-hybridized carbons (Fsp3) is 0.200. The summed E-state index contributed by atoms with van der Waals surface area (Å²) < 4.78 is 5.09. The van der Waals surface area contributed by atoms with Crippen molar-refractivity contribution < 1.29 is 23.9 Å². The van der Waals surface area contributed by atoms with Gasteiger partial charge in [-0.15, -0.1) is 11.8 Å². The molecule has 2 atom stereocenters. The summed E-state index contributed by atoms with van der Waals surface area (Å²) in [5.41, 5.74) is 5.54. The molecule has 3 N–H and O–H groups in total. The summed E-state index contributed by atoms with van der Waals surface area (Å²) in [5.74, 6) is -2.16. The van der Waals surface area contributed by atoms with E-state index in [1.807, 2.05) is 18.2 Å². The fourth-order valence-electron chi connectivity index (χ4n) is 2.56. The highest BCUT2D eigenvalue weighted by molar-refractivity contribution is 8.01. The quantitative estimate of drug-likeness (QED) is 0.510. The second-order valence-corrected chi connectivity index (χ2v) is 7.48. The Bertz CT molecular complexity index is 935. The Kier molecular flexibility index (Phi) is 6.50. The van der Waals surface area contributed by atoms with E-state index in [-0.39, 0.29) is 12.3 Å². The summed E-state index contributed by atoms with van der Waals surface area (Å²) in [6.45, 7) is 1.38. The standard InChI is InChI=1S/C20H19N3O5S/c1-12(18(25)22-23-19(26)13-7-3-2-4-8-13)28-17(24)11-16-20(27)21-14-9-5-6-10-15(14)29-16/h2-10,12,16H,11H2,1H3,(H,21,27)(H,22,25)(H,23,26)/t12-,16+/m1/s1. The average Bonchev–Trinajstić information content (AvgIpc) is 2.72. The maximum absolute atomic E-state index is 12.2. The summed E-state index contributed by atoms with van der Waals surface area (Å²) in [5, 5.41) is 2.10. The third-order valence-electron chi connectivity index (χ3n) is 4.07. The molecule has 2 aromatic carbocycles. The van der Waals surface area contributed by atoms with Crippen molar-refractivity contribution in [2.24, 2.45) is 0 Å². The van der Waals surface area contributed by atoms with Crippen LogP contribution in [0, 0.1) is 0 Å². The van der Waals surface area contributed by atoms with Crippen LogP contribution < -0.4 is 16.2 Å². The molecule has 0 aliphatic carbocycles. The van der Waals surface area contributed by atoms with Gasteiger partial charge in [0.05, 0.1) is 17.4 Å². The number of amides is 3. The number of rotatable bonds is 5. The van der Waals surface area contributed by atoms with Crippen LogP contribution in [-0.4, -0.2) is 35.0 Å². The Morgan fingerprint density at radius 2 is 1.76 bits per heavy atom. The zero-order valence-electron chi connectivity index (χ0n) is 15.5. The van der Waals surface area contributed by atoms with Gasteiger partial charge in [-0.3, -0.25) is 30.0 Å². The van der Waals surface area contributed by atoms with Crippen LogP contribution in [-0.2, 0) is 19.1 Å². The second kappa shape index (κ2) is 9.24. The van der Waals surface area contributed by atoms with Gasteiger partial charge in [-0.1, -0.05) is 30.3 Å². The number of esters is 1. The highest BCUT2D eigenvalue weighted by Gasteiger charge is 2.30. The highest BCUT2D eigenvalue weighted by Crippen LogP contribution is 2.36. The first-order valence-electron chi connectivity index (χ1n) is 8.85. The molecule has 0 spiro atoms. The molecule has 0 fully saturated rings. The van der Waals surface area contributed by atoms with E-state index < -0.39 is 29.1 Å². The van der Waals surface area contributed by atoms with Crippen molar-refractivity contribution in [2.75, 3.05) is 5.32 Å². The van der Waals surface area contributed by atoms with Crippen molar-refractivity contribution in [3.05, 3.63) is 60.2 Å². The molecule has 0 unspecified atom stereocenters. The average molecular weight is 413 g/mol. The van der Waals surface area contributed by atoms with E-state index in [9.17, 15) is 19.2 Å². The minimum Gasteiger partial charge on any atom is -0.452 e. The lowest BCUT2D eigenvalue weighted by atomic mass is 10.2. The molecule has 1 heterocycles. The molecular weight excluding hydrogens is 394 g/mol. The maximum Gasteiger partial charge on any atom is 0.308 e. The molecule has 0 aromatic heterocycles. The number of ether oxygens (including phenoxy) is 1. The van der Waals surface area contributed by atoms with Gasteiger partial charge in [0.2, 0.25) is 5.91 Å². The van der Waals surface area contributed by atoms with Gasteiger partial charge in [0.15, 0.2) is 6.10 Å². The van der Waals surface area contributed by atoms with E-state index in [1.54, 1.807) is 36.4 Å². The number of hydrogen-bond donors (Lipinski definition) is 3. The Labute approximate surface area is 171 Å². The molecular formula is C20H19N3O5S. The van der Waals surface area contributed by atoms with Crippen LogP contribution in [0.2, 0.25) is 0 Å². The second-order valence-electron chi connectivity index (χ2n) is 6.24. The summed E-state index contributed by atoms with van der Waals surface area (Å²) >= 11 is 1.27. The van der Waals surface area contributed by atoms with Crippen LogP contribution in [0.4, 0.5) is 5.69 Å². The van der Waals surface area contributed by atoms with Crippen molar-refractivity contribution in [1.29, 1.82) is 0 Å². The summed E-state index contributed by atoms with van der Waals surface area (Å²) in [7, 11) is 0. The summed E-state index contributed by atoms with van der Waals surface area (Å²) in [4.78, 5) is 49.1. The van der Waals surface area contributed by atoms with Gasteiger partial charge in [0, 0.05) is 10.5 Å². The van der Waals surface area contributed by atoms with Crippen molar-refractivity contribution >= 4 is 41.1 Å². The van der Waals surface area contributed by atoms with Crippen LogP contribution in [0.3, 0.4) is 0 Å². The number of benzene rings is 2. The number of para-hydroxylation sites is 1. The number of nitrogens with one attached hydrogen (secondary N) is 3. The van der Waals surface area contributed by atoms with Crippen LogP contribution in [0.15, 0.2) is 59.5 Å². The molecule has 1 aliphatic heterocycles. The number of thioether (sulfide) groups is 1. The molecule has 3 rings (SSSR count). The summed E-state index contributed by atoms with van der Waals surface area (Å²) in [6.07, 6.45) is -1.32. The largest absolute Gasteiger partial charge is 0.452 e. The lowest BCUT2D eigenvalue weighted by molar-refractivity contribution is -0.155. The third kappa shape index (κ3) is 5.35. The van der Waals surface area contributed by atoms with E-state index in [0.717, 1.165) is 4.90 Å². The van der Waals surface area contributed by atoms with Gasteiger partial charge in [-0.25, -0.2) is 0 Å². The van der Waals surface area contributed by atoms with Gasteiger partial charge >= 0.3 is 5.97 Å². The highest BCUT2D eigenvalue weighted by atomic mass is 32.2. The zero-order chi connectivity index (χ0) is 20.8. The number of hydrogen-bond acceptors (Lipinski definition) is 6. The molecule has 29 heavy (non-hydrogen) atoms. The molecule has 8 nitrogen and oxygen atoms in total. The normalized spacial score (nSPS) is 16.0. The first kappa shape index (κ1) is 20.4. The monoisotopic (exact) mass is 413 g/mol. The van der Waals surface area contributed by atoms with Crippen molar-refractivity contribution in [3.63, 3.8) is 0 Å². The zero-order valence-corrected chi connectivity index (χ0v) is 16.3. The van der Waals surface area contributed by atoms with Crippen molar-refractivity contribution in [1.82, 2.24) is 10.9 Å². The maximum atomic E-state index is 12.2. The first-order valence-corrected chi connectivity index (χ1v) is 9.73. The number of hydrazine groups is 1. The molecule has 0 saturated carbocycles. The van der Waals surface area contributed by atoms with Crippen LogP contribution in [0.5, 0.6) is 0 Å². The van der Waals surface area contributed by atoms with Gasteiger partial charge in [0.1, 0.15) is 0 Å². The lowest BCUT2D eigenvalue weighted by Gasteiger charge is -2.23. The summed E-state index contributed by atoms with van der Waals surface area (Å²) in [6, 6.07) is 15.6. The first-order chi connectivity index (χ1) is 13.9. The Hall–Kier alpha value is -3.33. The minimum absolute atomic E-state index is 0.182. The number of fused-ring (bicyclic) bond motifs is 1. The van der Waals surface area contributed by atoms with E-state index in [4.69, 9.17) is 4.74 Å². The predicted octanol–water partition coefficient (Wildman–Crippen LogP) is 1.88. The van der Waals surface area contributed by atoms with Gasteiger partial charge in [0.25, 0.3) is 11.8 Å². The van der Waals surface area contributed by atoms with E-state index in [0.29, 0.717) is 11.3 Å². The molecule has 0 saturated heterocycles. The van der Waals surface area contributed by atoms with Gasteiger partial charge in [-0.05, 0) is 31.2 Å². The Morgan fingerprint density at radius 1 is 1.07 bits per heavy atom. The number of carbonyl (C=O) groups is 4. The molecule has 3 amide bonds. The molecule has 2 aromatic rings. The molecule has 0 radical (unpaired) electrons. The Morgan fingerprint density at radius 3 is 2.52 bits per heavy atom. The van der Waals surface area contributed by atoms with E-state index in [2.05, 4.69) is 16.2 Å². The molecule has 150 valence electrons. The lowest BCUT2D eigenvalue weighted by Crippen LogP contribution is -2.47. The topological polar surface area (TPSA) is 114 Å². The number of anilines is 1. The minimum atomic E-state index is -1.14.